The van der Waals surface area contributed by atoms with Crippen LogP contribution in [0.2, 0.25) is 0 Å². The maximum Gasteiger partial charge on any atom is 0.336 e. The van der Waals surface area contributed by atoms with Gasteiger partial charge in [-0.05, 0) is 75.0 Å². The lowest BCUT2D eigenvalue weighted by molar-refractivity contribution is -0.186. The minimum Gasteiger partial charge on any atom is -0.481 e. The molecule has 11 heteroatoms. The Labute approximate surface area is 300 Å². The number of benzene rings is 1. The van der Waals surface area contributed by atoms with E-state index in [0.717, 1.165) is 53.7 Å². The topological polar surface area (TPSA) is 124 Å². The highest BCUT2D eigenvalue weighted by molar-refractivity contribution is 8.77. The molecule has 3 N–H and O–H groups in total. The predicted molar refractivity (Wildman–Crippen MR) is 198 cm³/mol. The third-order valence-electron chi connectivity index (χ3n) is 12.1. The van der Waals surface area contributed by atoms with Crippen LogP contribution in [0.25, 0.3) is 11.0 Å². The van der Waals surface area contributed by atoms with Gasteiger partial charge in [-0.15, -0.1) is 0 Å². The Morgan fingerprint density at radius 2 is 2.00 bits per heavy atom. The van der Waals surface area contributed by atoms with Gasteiger partial charge in [-0.25, -0.2) is 9.59 Å². The second-order valence-corrected chi connectivity index (χ2v) is 17.7. The maximum atomic E-state index is 14.3. The summed E-state index contributed by atoms with van der Waals surface area (Å²) in [6.07, 6.45) is 14.1. The van der Waals surface area contributed by atoms with Crippen molar-refractivity contribution >= 4 is 44.4 Å². The van der Waals surface area contributed by atoms with Crippen molar-refractivity contribution < 1.29 is 23.5 Å². The van der Waals surface area contributed by atoms with Crippen LogP contribution in [0.1, 0.15) is 77.7 Å². The average molecular weight is 716 g/mol. The fourth-order valence-electron chi connectivity index (χ4n) is 9.13. The summed E-state index contributed by atoms with van der Waals surface area (Å²) in [5.74, 6) is 1.26. The van der Waals surface area contributed by atoms with Crippen molar-refractivity contribution in [3.63, 3.8) is 0 Å². The fourth-order valence-corrected chi connectivity index (χ4v) is 12.8. The molecular formula is C39H45N3O6S2. The normalized spacial score (nSPS) is 30.7. The van der Waals surface area contributed by atoms with Gasteiger partial charge in [0.2, 0.25) is 5.91 Å². The van der Waals surface area contributed by atoms with Crippen LogP contribution in [0.5, 0.6) is 5.75 Å². The largest absolute Gasteiger partial charge is 0.481 e. The van der Waals surface area contributed by atoms with Gasteiger partial charge in [0.15, 0.2) is 11.2 Å². The van der Waals surface area contributed by atoms with Crippen molar-refractivity contribution in [3.8, 4) is 5.75 Å². The van der Waals surface area contributed by atoms with E-state index < -0.39 is 22.8 Å². The van der Waals surface area contributed by atoms with E-state index in [1.54, 1.807) is 25.1 Å². The Hall–Kier alpha value is -3.57. The smallest absolute Gasteiger partial charge is 0.336 e. The van der Waals surface area contributed by atoms with Crippen molar-refractivity contribution in [1.82, 2.24) is 10.2 Å². The molecule has 0 bridgehead atoms. The summed E-state index contributed by atoms with van der Waals surface area (Å²) in [5.41, 5.74) is 8.93. The van der Waals surface area contributed by atoms with Gasteiger partial charge in [-0.1, -0.05) is 58.6 Å². The van der Waals surface area contributed by atoms with Crippen LogP contribution >= 0.6 is 21.6 Å². The highest BCUT2D eigenvalue weighted by Gasteiger charge is 2.64. The zero-order chi connectivity index (χ0) is 34.8. The van der Waals surface area contributed by atoms with Crippen molar-refractivity contribution in [2.75, 3.05) is 18.8 Å². The van der Waals surface area contributed by atoms with E-state index in [0.29, 0.717) is 42.1 Å². The van der Waals surface area contributed by atoms with E-state index >= 15 is 0 Å². The standard InChI is InChI=1S/C39H45N3O6S2/c1-4-23(2)36(45)48-37(3)14-10-25-22-49-50-38(12-6-5-7-13-38)31-11-15-42(31)33(43)17-27-21-41-32(40)18-28(27)35(25)39(37)20-26-16-24-8-9-34(44)46-29(24)19-30(26)47-39/h4,8-10,16,18-19,31,35,41H,5-7,11-15,17,20-22,40H2,1-3H3/b23-4+/t31-,35-,37-,39-/m1/s1. The van der Waals surface area contributed by atoms with Crippen LogP contribution in [-0.2, 0) is 20.7 Å². The van der Waals surface area contributed by atoms with Crippen LogP contribution in [0, 0.1) is 5.92 Å². The average Bonchev–Trinajstić information content (AvgIpc) is 3.44. The molecule has 50 heavy (non-hydrogen) atoms. The number of ether oxygens (including phenoxy) is 2. The SMILES string of the molecule is C/C=C(\C)C(=O)O[C@]1(C)CC=C2CSSC3(CCCCC3)[C@H]3CCN3C(=O)CC3=C(C=C(N)NC3)[C@@H]2[C@]12Cc1cc3ccc(=O)oc3cc1O2. The summed E-state index contributed by atoms with van der Waals surface area (Å²) in [5, 5.41) is 4.11. The molecule has 2 aromatic rings. The number of carbonyl (C=O) groups is 2. The summed E-state index contributed by atoms with van der Waals surface area (Å²) in [6, 6.07) is 7.26. The molecule has 2 spiro atoms. The molecule has 1 aromatic heterocycles. The summed E-state index contributed by atoms with van der Waals surface area (Å²) < 4.78 is 19.4. The molecular weight excluding hydrogens is 671 g/mol. The van der Waals surface area contributed by atoms with Crippen molar-refractivity contribution in [2.24, 2.45) is 11.7 Å². The lowest BCUT2D eigenvalue weighted by atomic mass is 9.61. The fraction of sp³-hybridized carbons (Fsp3) is 0.513. The predicted octanol–water partition coefficient (Wildman–Crippen LogP) is 6.47. The molecule has 9 nitrogen and oxygen atoms in total. The van der Waals surface area contributed by atoms with Crippen LogP contribution in [0.15, 0.2) is 79.8 Å². The number of allylic oxidation sites excluding steroid dienone is 2. The third kappa shape index (κ3) is 5.41. The second-order valence-electron chi connectivity index (χ2n) is 15.0. The number of esters is 1. The molecule has 264 valence electrons. The molecule has 1 aromatic carbocycles. The minimum atomic E-state index is -1.10. The number of nitrogens with zero attached hydrogens (tertiary/aromatic N) is 1. The number of hydrogen-bond acceptors (Lipinski definition) is 10. The van der Waals surface area contributed by atoms with Crippen LogP contribution < -0.4 is 21.4 Å². The zero-order valence-electron chi connectivity index (χ0n) is 29.0. The Morgan fingerprint density at radius 3 is 2.76 bits per heavy atom. The summed E-state index contributed by atoms with van der Waals surface area (Å²) >= 11 is 0. The lowest BCUT2D eigenvalue weighted by Gasteiger charge is -2.55. The Bertz CT molecular complexity index is 1960. The highest BCUT2D eigenvalue weighted by atomic mass is 33.1. The quantitative estimate of drug-likeness (QED) is 0.118. The molecule has 8 rings (SSSR count). The molecule has 0 unspecified atom stereocenters. The number of hydrogen-bond donors (Lipinski definition) is 2. The molecule has 4 aliphatic heterocycles. The molecule has 5 heterocycles. The van der Waals surface area contributed by atoms with Gasteiger partial charge in [-0.2, -0.15) is 0 Å². The number of nitrogens with two attached hydrogens (primary N) is 1. The number of rotatable bonds is 2. The minimum absolute atomic E-state index is 0.0446. The molecule has 6 aliphatic rings. The van der Waals surface area contributed by atoms with Gasteiger partial charge in [0.25, 0.3) is 0 Å². The van der Waals surface area contributed by atoms with Gasteiger partial charge in [-0.3, -0.25) is 4.79 Å². The second kappa shape index (κ2) is 12.6. The Morgan fingerprint density at radius 1 is 1.18 bits per heavy atom. The maximum absolute atomic E-state index is 14.3. The summed E-state index contributed by atoms with van der Waals surface area (Å²) in [4.78, 5) is 42.3. The molecule has 2 aliphatic carbocycles. The lowest BCUT2D eigenvalue weighted by Crippen LogP contribution is -2.65. The van der Waals surface area contributed by atoms with E-state index in [4.69, 9.17) is 19.6 Å². The number of dihydropyridines is 1. The van der Waals surface area contributed by atoms with E-state index in [2.05, 4.69) is 16.3 Å². The van der Waals surface area contributed by atoms with Crippen molar-refractivity contribution in [1.29, 1.82) is 0 Å². The number of amides is 1. The summed E-state index contributed by atoms with van der Waals surface area (Å²) in [7, 11) is 3.88. The van der Waals surface area contributed by atoms with Gasteiger partial charge >= 0.3 is 11.6 Å². The van der Waals surface area contributed by atoms with Gasteiger partial charge in [0, 0.05) is 65.6 Å². The molecule has 0 radical (unpaired) electrons. The number of carbonyl (C=O) groups excluding carboxylic acids is 2. The van der Waals surface area contributed by atoms with Gasteiger partial charge in [0.1, 0.15) is 11.3 Å². The number of fused-ring (bicyclic) bond motifs is 7. The van der Waals surface area contributed by atoms with Crippen molar-refractivity contribution in [2.45, 2.75) is 101 Å². The van der Waals surface area contributed by atoms with E-state index in [1.165, 1.54) is 30.9 Å². The first-order valence-corrected chi connectivity index (χ1v) is 20.2. The molecule has 1 amide bonds. The van der Waals surface area contributed by atoms with Crippen LogP contribution in [-0.4, -0.2) is 57.6 Å². The summed E-state index contributed by atoms with van der Waals surface area (Å²) in [6.45, 7) is 6.81. The highest BCUT2D eigenvalue weighted by Crippen LogP contribution is 2.59. The Kier molecular flexibility index (Phi) is 8.45. The monoisotopic (exact) mass is 715 g/mol. The van der Waals surface area contributed by atoms with E-state index in [9.17, 15) is 14.4 Å². The molecule has 1 saturated carbocycles. The number of nitrogens with one attached hydrogen (secondary N) is 1. The molecule has 4 atom stereocenters. The van der Waals surface area contributed by atoms with Gasteiger partial charge in [0.05, 0.1) is 18.2 Å². The first-order chi connectivity index (χ1) is 24.0. The first-order valence-electron chi connectivity index (χ1n) is 17.9. The van der Waals surface area contributed by atoms with Crippen molar-refractivity contribution in [3.05, 3.63) is 86.6 Å². The zero-order valence-corrected chi connectivity index (χ0v) is 30.6. The third-order valence-corrected chi connectivity index (χ3v) is 15.4. The molecule has 1 saturated heterocycles. The van der Waals surface area contributed by atoms with Crippen LogP contribution in [0.4, 0.5) is 0 Å². The molecule has 2 fully saturated rings. The van der Waals surface area contributed by atoms with Crippen LogP contribution in [0.3, 0.4) is 0 Å². The Balaban J connectivity index is 1.31. The van der Waals surface area contributed by atoms with E-state index in [-0.39, 0.29) is 29.0 Å². The van der Waals surface area contributed by atoms with E-state index in [1.807, 2.05) is 47.6 Å². The first kappa shape index (κ1) is 33.6. The van der Waals surface area contributed by atoms with Gasteiger partial charge < -0.3 is 29.8 Å².